The molecule has 3 N–H and O–H groups in total. The number of hydrogen-bond donors (Lipinski definition) is 3. The van der Waals surface area contributed by atoms with Crippen molar-refractivity contribution in [1.29, 1.82) is 0 Å². The van der Waals surface area contributed by atoms with E-state index in [4.69, 9.17) is 9.26 Å². The van der Waals surface area contributed by atoms with Gasteiger partial charge in [0.1, 0.15) is 6.17 Å². The van der Waals surface area contributed by atoms with Crippen LogP contribution in [-0.2, 0) is 23.4 Å². The van der Waals surface area contributed by atoms with Gasteiger partial charge in [-0.15, -0.1) is 0 Å². The van der Waals surface area contributed by atoms with Crippen molar-refractivity contribution in [2.45, 2.75) is 64.0 Å². The van der Waals surface area contributed by atoms with Crippen LogP contribution in [0.2, 0.25) is 0 Å². The highest BCUT2D eigenvalue weighted by molar-refractivity contribution is 5.96. The number of fused-ring (bicyclic) bond motifs is 1. The molecule has 0 radical (unpaired) electrons. The van der Waals surface area contributed by atoms with Gasteiger partial charge in [-0.05, 0) is 63.9 Å². The molecule has 3 aromatic heterocycles. The largest absolute Gasteiger partial charge is 0.381 e. The maximum absolute atomic E-state index is 14.5. The molecule has 40 heavy (non-hydrogen) atoms. The molecule has 212 valence electrons. The number of carbonyl (C=O) groups excluding carboxylic acids is 1. The van der Waals surface area contributed by atoms with E-state index in [1.54, 1.807) is 0 Å². The summed E-state index contributed by atoms with van der Waals surface area (Å²) in [5.41, 5.74) is 3.21. The quantitative estimate of drug-likeness (QED) is 0.304. The van der Waals surface area contributed by atoms with E-state index in [1.165, 1.54) is 0 Å². The lowest BCUT2D eigenvalue weighted by Gasteiger charge is -2.35. The Balaban J connectivity index is 1.17. The molecule has 10 nitrogen and oxygen atoms in total. The number of piperidine rings is 1. The highest BCUT2D eigenvalue weighted by Crippen LogP contribution is 2.33. The molecule has 0 spiro atoms. The standard InChI is InChI=1S/C29H36FN7O3/c1-3-37-24-6-4-5-22(33-23-16-31-11-7-21(23)30)20(24)15-25(37)27-34-26(40-35-27)17-32-28(38)19-8-12-36(18-19)29(2)9-13-39-14-10-29/h4-6,8,12,15,18,21,23,31,33H,3,7,9-11,13-14,16-17H2,1-2H3,(H,32,38)/t21-,23+/m0/s1. The molecule has 5 heterocycles. The molecule has 1 aromatic carbocycles. The lowest BCUT2D eigenvalue weighted by Crippen LogP contribution is -2.46. The zero-order chi connectivity index (χ0) is 27.7. The SMILES string of the molecule is CCn1c(-c2noc(CNC(=O)c3ccn(C4(C)CCOCC4)c3)n2)cc2c(N[C@@H]3CNCC[C@@H]3F)cccc21. The number of hydrogen-bond acceptors (Lipinski definition) is 7. The lowest BCUT2D eigenvalue weighted by molar-refractivity contribution is 0.0296. The fourth-order valence-corrected chi connectivity index (χ4v) is 5.73. The average molecular weight is 550 g/mol. The number of aryl methyl sites for hydroxylation is 1. The monoisotopic (exact) mass is 549 g/mol. The molecule has 2 fully saturated rings. The summed E-state index contributed by atoms with van der Waals surface area (Å²) in [6.07, 6.45) is 5.26. The van der Waals surface area contributed by atoms with Crippen molar-refractivity contribution in [3.8, 4) is 11.5 Å². The van der Waals surface area contributed by atoms with Crippen molar-refractivity contribution in [1.82, 2.24) is 29.9 Å². The summed E-state index contributed by atoms with van der Waals surface area (Å²) in [4.78, 5) is 17.4. The first-order valence-corrected chi connectivity index (χ1v) is 14.1. The molecule has 0 saturated carbocycles. The van der Waals surface area contributed by atoms with Gasteiger partial charge in [0.2, 0.25) is 11.7 Å². The predicted molar refractivity (Wildman–Crippen MR) is 150 cm³/mol. The van der Waals surface area contributed by atoms with E-state index in [9.17, 15) is 9.18 Å². The molecule has 2 saturated heterocycles. The molecule has 11 heteroatoms. The number of nitrogens with one attached hydrogen (secondary N) is 3. The Morgan fingerprint density at radius 3 is 2.92 bits per heavy atom. The van der Waals surface area contributed by atoms with Crippen molar-refractivity contribution >= 4 is 22.5 Å². The van der Waals surface area contributed by atoms with E-state index >= 15 is 0 Å². The number of ether oxygens (including phenoxy) is 1. The maximum atomic E-state index is 14.5. The minimum atomic E-state index is -0.900. The molecule has 4 aromatic rings. The summed E-state index contributed by atoms with van der Waals surface area (Å²) in [5, 5.41) is 14.7. The normalized spacial score (nSPS) is 21.0. The Hall–Kier alpha value is -3.70. The van der Waals surface area contributed by atoms with Crippen LogP contribution in [0.4, 0.5) is 10.1 Å². The van der Waals surface area contributed by atoms with Gasteiger partial charge in [0.05, 0.1) is 29.4 Å². The van der Waals surface area contributed by atoms with E-state index in [0.29, 0.717) is 43.3 Å². The van der Waals surface area contributed by atoms with Crippen LogP contribution >= 0.6 is 0 Å². The van der Waals surface area contributed by atoms with Crippen LogP contribution in [0.3, 0.4) is 0 Å². The van der Waals surface area contributed by atoms with E-state index < -0.39 is 6.17 Å². The number of alkyl halides is 1. The van der Waals surface area contributed by atoms with E-state index in [1.807, 2.05) is 42.7 Å². The first-order chi connectivity index (χ1) is 19.4. The average Bonchev–Trinajstić information content (AvgIpc) is 3.72. The minimum Gasteiger partial charge on any atom is -0.381 e. The van der Waals surface area contributed by atoms with E-state index in [0.717, 1.165) is 48.3 Å². The van der Waals surface area contributed by atoms with Crippen LogP contribution in [-0.4, -0.2) is 63.7 Å². The van der Waals surface area contributed by atoms with Crippen molar-refractivity contribution in [3.63, 3.8) is 0 Å². The van der Waals surface area contributed by atoms with Gasteiger partial charge in [0.25, 0.3) is 5.91 Å². The topological polar surface area (TPSA) is 111 Å². The van der Waals surface area contributed by atoms with Crippen LogP contribution < -0.4 is 16.0 Å². The Kier molecular flexibility index (Phi) is 7.33. The second-order valence-electron chi connectivity index (χ2n) is 10.9. The predicted octanol–water partition coefficient (Wildman–Crippen LogP) is 4.08. The van der Waals surface area contributed by atoms with Gasteiger partial charge < -0.3 is 34.3 Å². The van der Waals surface area contributed by atoms with Gasteiger partial charge >= 0.3 is 0 Å². The number of nitrogens with zero attached hydrogens (tertiary/aromatic N) is 4. The van der Waals surface area contributed by atoms with E-state index in [-0.39, 0.29) is 24.0 Å². The maximum Gasteiger partial charge on any atom is 0.253 e. The summed E-state index contributed by atoms with van der Waals surface area (Å²) < 4.78 is 29.7. The highest BCUT2D eigenvalue weighted by atomic mass is 19.1. The second kappa shape index (κ2) is 11.1. The third-order valence-corrected chi connectivity index (χ3v) is 8.25. The number of carbonyl (C=O) groups is 1. The van der Waals surface area contributed by atoms with Crippen molar-refractivity contribution < 1.29 is 18.4 Å². The number of halogens is 1. The molecule has 2 aliphatic rings. The summed E-state index contributed by atoms with van der Waals surface area (Å²) in [7, 11) is 0. The van der Waals surface area contributed by atoms with Gasteiger partial charge in [-0.3, -0.25) is 4.79 Å². The zero-order valence-electron chi connectivity index (χ0n) is 23.0. The summed E-state index contributed by atoms with van der Waals surface area (Å²) in [5.74, 6) is 0.560. The molecular weight excluding hydrogens is 513 g/mol. The zero-order valence-corrected chi connectivity index (χ0v) is 23.0. The van der Waals surface area contributed by atoms with Gasteiger partial charge in [0.15, 0.2) is 0 Å². The molecule has 0 unspecified atom stereocenters. The van der Waals surface area contributed by atoms with Crippen LogP contribution in [0.1, 0.15) is 49.4 Å². The molecular formula is C29H36FN7O3. The van der Waals surface area contributed by atoms with Gasteiger partial charge in [-0.25, -0.2) is 4.39 Å². The fraction of sp³-hybridized carbons (Fsp3) is 0.483. The van der Waals surface area contributed by atoms with Crippen LogP contribution in [0, 0.1) is 0 Å². The van der Waals surface area contributed by atoms with Crippen molar-refractivity contribution in [2.24, 2.45) is 0 Å². The molecule has 0 aliphatic carbocycles. The van der Waals surface area contributed by atoms with Crippen LogP contribution in [0.5, 0.6) is 0 Å². The molecule has 0 bridgehead atoms. The Labute approximate surface area is 232 Å². The third-order valence-electron chi connectivity index (χ3n) is 8.25. The first-order valence-electron chi connectivity index (χ1n) is 14.1. The first kappa shape index (κ1) is 26.5. The summed E-state index contributed by atoms with van der Waals surface area (Å²) in [6, 6.07) is 9.53. The number of rotatable bonds is 8. The van der Waals surface area contributed by atoms with Gasteiger partial charge in [-0.1, -0.05) is 11.2 Å². The molecule has 1 amide bonds. The summed E-state index contributed by atoms with van der Waals surface area (Å²) >= 11 is 0. The molecule has 2 aliphatic heterocycles. The Morgan fingerprint density at radius 1 is 1.27 bits per heavy atom. The van der Waals surface area contributed by atoms with Crippen LogP contribution in [0.15, 0.2) is 47.2 Å². The second-order valence-corrected chi connectivity index (χ2v) is 10.9. The van der Waals surface area contributed by atoms with Gasteiger partial charge in [0, 0.05) is 55.3 Å². The number of anilines is 1. The van der Waals surface area contributed by atoms with Gasteiger partial charge in [-0.2, -0.15) is 4.98 Å². The van der Waals surface area contributed by atoms with Crippen molar-refractivity contribution in [3.05, 3.63) is 54.2 Å². The number of aromatic nitrogens is 4. The minimum absolute atomic E-state index is 0.0494. The smallest absolute Gasteiger partial charge is 0.253 e. The summed E-state index contributed by atoms with van der Waals surface area (Å²) in [6.45, 7) is 7.79. The third kappa shape index (κ3) is 5.11. The molecule has 2 atom stereocenters. The lowest BCUT2D eigenvalue weighted by atomic mass is 9.92. The number of amides is 1. The Morgan fingerprint density at radius 2 is 2.12 bits per heavy atom. The number of benzene rings is 1. The highest BCUT2D eigenvalue weighted by Gasteiger charge is 2.29. The molecule has 6 rings (SSSR count). The fourth-order valence-electron chi connectivity index (χ4n) is 5.73. The van der Waals surface area contributed by atoms with Crippen LogP contribution in [0.25, 0.3) is 22.4 Å². The van der Waals surface area contributed by atoms with Crippen molar-refractivity contribution in [2.75, 3.05) is 31.6 Å². The Bertz CT molecular complexity index is 1490. The van der Waals surface area contributed by atoms with E-state index in [2.05, 4.69) is 49.1 Å².